The van der Waals surface area contributed by atoms with Gasteiger partial charge in [-0.15, -0.1) is 0 Å². The van der Waals surface area contributed by atoms with Crippen LogP contribution in [0.1, 0.15) is 26.2 Å². The summed E-state index contributed by atoms with van der Waals surface area (Å²) in [6.45, 7) is 2.13. The smallest absolute Gasteiger partial charge is 0.330 e. The van der Waals surface area contributed by atoms with Crippen LogP contribution in [0.25, 0.3) is 0 Å². The largest absolute Gasteiger partial charge is 0.469 e. The zero-order valence-corrected chi connectivity index (χ0v) is 8.62. The SMILES string of the molecule is CCOC(=O)/C=C/CCCC(=O)OC. The molecular formula is C10H16O4. The highest BCUT2D eigenvalue weighted by atomic mass is 16.5. The molecule has 0 saturated carbocycles. The summed E-state index contributed by atoms with van der Waals surface area (Å²) in [5.41, 5.74) is 0. The van der Waals surface area contributed by atoms with Gasteiger partial charge >= 0.3 is 11.9 Å². The molecular weight excluding hydrogens is 184 g/mol. The third kappa shape index (κ3) is 7.34. The second-order valence-electron chi connectivity index (χ2n) is 2.62. The first-order chi connectivity index (χ1) is 6.70. The van der Waals surface area contributed by atoms with Crippen molar-refractivity contribution in [3.05, 3.63) is 12.2 Å². The minimum Gasteiger partial charge on any atom is -0.469 e. The van der Waals surface area contributed by atoms with E-state index < -0.39 is 0 Å². The fourth-order valence-corrected chi connectivity index (χ4v) is 0.836. The summed E-state index contributed by atoms with van der Waals surface area (Å²) in [5, 5.41) is 0. The third-order valence-corrected chi connectivity index (χ3v) is 1.52. The molecule has 0 aromatic carbocycles. The molecule has 0 aromatic rings. The number of carbonyl (C=O) groups is 2. The summed E-state index contributed by atoms with van der Waals surface area (Å²) in [6, 6.07) is 0. The van der Waals surface area contributed by atoms with Gasteiger partial charge in [-0.3, -0.25) is 4.79 Å². The number of allylic oxidation sites excluding steroid dienone is 1. The van der Waals surface area contributed by atoms with Crippen LogP contribution in [-0.2, 0) is 19.1 Å². The fraction of sp³-hybridized carbons (Fsp3) is 0.600. The quantitative estimate of drug-likeness (QED) is 0.370. The standard InChI is InChI=1S/C10H16O4/c1-3-14-10(12)8-6-4-5-7-9(11)13-2/h6,8H,3-5,7H2,1-2H3/b8-6+. The number of rotatable bonds is 6. The van der Waals surface area contributed by atoms with E-state index in [4.69, 9.17) is 0 Å². The Balaban J connectivity index is 3.44. The molecule has 4 nitrogen and oxygen atoms in total. The monoisotopic (exact) mass is 200 g/mol. The van der Waals surface area contributed by atoms with Crippen LogP contribution in [0, 0.1) is 0 Å². The molecule has 80 valence electrons. The van der Waals surface area contributed by atoms with E-state index in [0.717, 1.165) is 0 Å². The Morgan fingerprint density at radius 2 is 2.07 bits per heavy atom. The fourth-order valence-electron chi connectivity index (χ4n) is 0.836. The molecule has 0 aromatic heterocycles. The van der Waals surface area contributed by atoms with Crippen molar-refractivity contribution in [1.29, 1.82) is 0 Å². The van der Waals surface area contributed by atoms with E-state index in [1.165, 1.54) is 13.2 Å². The van der Waals surface area contributed by atoms with E-state index in [-0.39, 0.29) is 11.9 Å². The van der Waals surface area contributed by atoms with Crippen LogP contribution in [0.4, 0.5) is 0 Å². The third-order valence-electron chi connectivity index (χ3n) is 1.52. The van der Waals surface area contributed by atoms with E-state index in [1.807, 2.05) is 0 Å². The molecule has 0 unspecified atom stereocenters. The average molecular weight is 200 g/mol. The van der Waals surface area contributed by atoms with Crippen molar-refractivity contribution in [3.8, 4) is 0 Å². The van der Waals surface area contributed by atoms with Crippen LogP contribution >= 0.6 is 0 Å². The first-order valence-electron chi connectivity index (χ1n) is 4.60. The molecule has 0 rings (SSSR count). The van der Waals surface area contributed by atoms with Crippen LogP contribution in [0.3, 0.4) is 0 Å². The first kappa shape index (κ1) is 12.7. The molecule has 0 heterocycles. The zero-order valence-electron chi connectivity index (χ0n) is 8.62. The second kappa shape index (κ2) is 8.29. The number of unbranched alkanes of at least 4 members (excludes halogenated alkanes) is 1. The number of hydrogen-bond acceptors (Lipinski definition) is 4. The predicted octanol–water partition coefficient (Wildman–Crippen LogP) is 1.45. The molecule has 0 aliphatic carbocycles. The Kier molecular flexibility index (Phi) is 7.50. The Bertz CT molecular complexity index is 208. The molecule has 0 fully saturated rings. The summed E-state index contributed by atoms with van der Waals surface area (Å²) >= 11 is 0. The van der Waals surface area contributed by atoms with Crippen LogP contribution < -0.4 is 0 Å². The maximum absolute atomic E-state index is 10.8. The molecule has 14 heavy (non-hydrogen) atoms. The normalized spacial score (nSPS) is 10.1. The lowest BCUT2D eigenvalue weighted by atomic mass is 10.2. The zero-order chi connectivity index (χ0) is 10.8. The van der Waals surface area contributed by atoms with E-state index in [9.17, 15) is 9.59 Å². The van der Waals surface area contributed by atoms with Gasteiger partial charge in [0.15, 0.2) is 0 Å². The van der Waals surface area contributed by atoms with Gasteiger partial charge in [0.05, 0.1) is 13.7 Å². The Hall–Kier alpha value is -1.32. The van der Waals surface area contributed by atoms with Gasteiger partial charge in [0.2, 0.25) is 0 Å². The Labute approximate surface area is 83.9 Å². The molecule has 0 spiro atoms. The molecule has 4 heteroatoms. The van der Waals surface area contributed by atoms with E-state index in [1.54, 1.807) is 13.0 Å². The van der Waals surface area contributed by atoms with Gasteiger partial charge in [0, 0.05) is 12.5 Å². The molecule has 0 aliphatic rings. The van der Waals surface area contributed by atoms with Gasteiger partial charge in [-0.25, -0.2) is 4.79 Å². The molecule has 0 bridgehead atoms. The van der Waals surface area contributed by atoms with Gasteiger partial charge in [-0.1, -0.05) is 6.08 Å². The summed E-state index contributed by atoms with van der Waals surface area (Å²) < 4.78 is 9.14. The number of carbonyl (C=O) groups excluding carboxylic acids is 2. The van der Waals surface area contributed by atoms with E-state index >= 15 is 0 Å². The van der Waals surface area contributed by atoms with Crippen molar-refractivity contribution in [2.75, 3.05) is 13.7 Å². The van der Waals surface area contributed by atoms with Gasteiger partial charge in [-0.2, -0.15) is 0 Å². The lowest BCUT2D eigenvalue weighted by Crippen LogP contribution is -2.00. The van der Waals surface area contributed by atoms with Crippen LogP contribution in [-0.4, -0.2) is 25.7 Å². The predicted molar refractivity (Wildman–Crippen MR) is 51.6 cm³/mol. The summed E-state index contributed by atoms with van der Waals surface area (Å²) in [4.78, 5) is 21.5. The van der Waals surface area contributed by atoms with Gasteiger partial charge in [0.25, 0.3) is 0 Å². The number of esters is 2. The van der Waals surface area contributed by atoms with Crippen molar-refractivity contribution < 1.29 is 19.1 Å². The van der Waals surface area contributed by atoms with Gasteiger partial charge in [0.1, 0.15) is 0 Å². The first-order valence-corrected chi connectivity index (χ1v) is 4.60. The topological polar surface area (TPSA) is 52.6 Å². The van der Waals surface area contributed by atoms with Crippen LogP contribution in [0.5, 0.6) is 0 Å². The highest BCUT2D eigenvalue weighted by molar-refractivity contribution is 5.81. The second-order valence-corrected chi connectivity index (χ2v) is 2.62. The number of ether oxygens (including phenoxy) is 2. The van der Waals surface area contributed by atoms with Crippen LogP contribution in [0.15, 0.2) is 12.2 Å². The van der Waals surface area contributed by atoms with Crippen LogP contribution in [0.2, 0.25) is 0 Å². The maximum Gasteiger partial charge on any atom is 0.330 e. The molecule has 0 saturated heterocycles. The van der Waals surface area contributed by atoms with Crippen molar-refractivity contribution in [1.82, 2.24) is 0 Å². The Morgan fingerprint density at radius 1 is 1.36 bits per heavy atom. The lowest BCUT2D eigenvalue weighted by Gasteiger charge is -1.96. The molecule has 0 radical (unpaired) electrons. The van der Waals surface area contributed by atoms with Crippen molar-refractivity contribution in [2.45, 2.75) is 26.2 Å². The number of hydrogen-bond donors (Lipinski definition) is 0. The average Bonchev–Trinajstić information content (AvgIpc) is 2.17. The Morgan fingerprint density at radius 3 is 2.64 bits per heavy atom. The van der Waals surface area contributed by atoms with Gasteiger partial charge in [-0.05, 0) is 19.8 Å². The molecule has 0 atom stereocenters. The van der Waals surface area contributed by atoms with Crippen molar-refractivity contribution in [2.24, 2.45) is 0 Å². The van der Waals surface area contributed by atoms with Gasteiger partial charge < -0.3 is 9.47 Å². The van der Waals surface area contributed by atoms with E-state index in [2.05, 4.69) is 9.47 Å². The van der Waals surface area contributed by atoms with Crippen molar-refractivity contribution >= 4 is 11.9 Å². The molecule has 0 aliphatic heterocycles. The maximum atomic E-state index is 10.8. The minimum absolute atomic E-state index is 0.227. The summed E-state index contributed by atoms with van der Waals surface area (Å²) in [5.74, 6) is -0.569. The summed E-state index contributed by atoms with van der Waals surface area (Å²) in [6.07, 6.45) is 4.81. The molecule has 0 amide bonds. The molecule has 0 N–H and O–H groups in total. The number of methoxy groups -OCH3 is 1. The van der Waals surface area contributed by atoms with Crippen molar-refractivity contribution in [3.63, 3.8) is 0 Å². The van der Waals surface area contributed by atoms with E-state index in [0.29, 0.717) is 25.9 Å². The highest BCUT2D eigenvalue weighted by Crippen LogP contribution is 1.98. The summed E-state index contributed by atoms with van der Waals surface area (Å²) in [7, 11) is 1.36. The lowest BCUT2D eigenvalue weighted by molar-refractivity contribution is -0.140. The highest BCUT2D eigenvalue weighted by Gasteiger charge is 1.97. The minimum atomic E-state index is -0.342.